The van der Waals surface area contributed by atoms with Crippen molar-refractivity contribution in [3.63, 3.8) is 0 Å². The summed E-state index contributed by atoms with van der Waals surface area (Å²) in [6.07, 6.45) is -0.738. The van der Waals surface area contributed by atoms with Gasteiger partial charge in [0.25, 0.3) is 11.8 Å². The maximum Gasteiger partial charge on any atom is 0.355 e. The average Bonchev–Trinajstić information content (AvgIpc) is 2.93. The van der Waals surface area contributed by atoms with Gasteiger partial charge in [-0.1, -0.05) is 32.9 Å². The van der Waals surface area contributed by atoms with E-state index in [0.717, 1.165) is 5.56 Å². The van der Waals surface area contributed by atoms with Crippen LogP contribution in [0.15, 0.2) is 24.3 Å². The molecule has 3 N–H and O–H groups in total. The largest absolute Gasteiger partial charge is 0.451 e. The molecule has 1 aromatic heterocycles. The van der Waals surface area contributed by atoms with E-state index in [9.17, 15) is 19.5 Å². The van der Waals surface area contributed by atoms with Gasteiger partial charge in [0.15, 0.2) is 6.61 Å². The summed E-state index contributed by atoms with van der Waals surface area (Å²) in [6.45, 7) is 10.6. The Kier molecular flexibility index (Phi) is 6.64. The van der Waals surface area contributed by atoms with Crippen molar-refractivity contribution in [2.75, 3.05) is 6.61 Å². The number of amides is 2. The van der Waals surface area contributed by atoms with Crippen LogP contribution in [-0.2, 0) is 14.9 Å². The summed E-state index contributed by atoms with van der Waals surface area (Å²) in [5.41, 5.74) is 3.39. The number of carbonyl (C=O) groups is 3. The highest BCUT2D eigenvalue weighted by molar-refractivity contribution is 6.05. The third-order valence-electron chi connectivity index (χ3n) is 4.72. The van der Waals surface area contributed by atoms with E-state index >= 15 is 0 Å². The highest BCUT2D eigenvalue weighted by atomic mass is 16.5. The third kappa shape index (κ3) is 5.32. The molecule has 7 nitrogen and oxygen atoms in total. The minimum absolute atomic E-state index is 0.0407. The molecule has 7 heteroatoms. The van der Waals surface area contributed by atoms with Crippen molar-refractivity contribution in [2.24, 2.45) is 0 Å². The Bertz CT molecular complexity index is 918. The predicted molar refractivity (Wildman–Crippen MR) is 109 cm³/mol. The molecule has 1 atom stereocenters. The van der Waals surface area contributed by atoms with Crippen molar-refractivity contribution in [1.82, 2.24) is 10.3 Å². The molecule has 0 saturated heterocycles. The van der Waals surface area contributed by atoms with Gasteiger partial charge in [-0.2, -0.15) is 0 Å². The van der Waals surface area contributed by atoms with Crippen LogP contribution in [0.5, 0.6) is 0 Å². The highest BCUT2D eigenvalue weighted by Gasteiger charge is 2.22. The second kappa shape index (κ2) is 8.61. The van der Waals surface area contributed by atoms with Crippen LogP contribution in [0.3, 0.4) is 0 Å². The summed E-state index contributed by atoms with van der Waals surface area (Å²) in [7, 11) is 0. The topological polar surface area (TPSA) is 108 Å². The first-order chi connectivity index (χ1) is 13.4. The molecule has 1 heterocycles. The van der Waals surface area contributed by atoms with Gasteiger partial charge in [0, 0.05) is 16.8 Å². The zero-order valence-corrected chi connectivity index (χ0v) is 17.7. The SMILES string of the molecule is Cc1[nH]c(C(=O)OCC(=O)NC(=O)c2ccc(C(C)(C)C)cc2)c(C)c1[C@H](C)O. The molecule has 0 fully saturated rings. The molecular weight excluding hydrogens is 372 g/mol. The van der Waals surface area contributed by atoms with Gasteiger partial charge in [0.05, 0.1) is 6.10 Å². The highest BCUT2D eigenvalue weighted by Crippen LogP contribution is 2.25. The van der Waals surface area contributed by atoms with E-state index in [2.05, 4.69) is 31.1 Å². The first-order valence-corrected chi connectivity index (χ1v) is 9.40. The van der Waals surface area contributed by atoms with E-state index in [1.165, 1.54) is 0 Å². The van der Waals surface area contributed by atoms with Crippen LogP contribution in [0.4, 0.5) is 0 Å². The lowest BCUT2D eigenvalue weighted by molar-refractivity contribution is -0.123. The Morgan fingerprint density at radius 3 is 2.21 bits per heavy atom. The second-order valence-corrected chi connectivity index (χ2v) is 8.12. The van der Waals surface area contributed by atoms with Crippen LogP contribution in [0.25, 0.3) is 0 Å². The number of aromatic amines is 1. The van der Waals surface area contributed by atoms with Crippen molar-refractivity contribution in [3.8, 4) is 0 Å². The molecule has 0 aliphatic carbocycles. The number of nitrogens with one attached hydrogen (secondary N) is 2. The molecule has 0 saturated carbocycles. The predicted octanol–water partition coefficient (Wildman–Crippen LogP) is 3.10. The summed E-state index contributed by atoms with van der Waals surface area (Å²) in [4.78, 5) is 39.3. The molecule has 0 spiro atoms. The summed E-state index contributed by atoms with van der Waals surface area (Å²) >= 11 is 0. The molecule has 0 radical (unpaired) electrons. The van der Waals surface area contributed by atoms with E-state index in [-0.39, 0.29) is 11.1 Å². The summed E-state index contributed by atoms with van der Waals surface area (Å²) in [5, 5.41) is 12.0. The molecule has 2 aromatic rings. The Hall–Kier alpha value is -2.93. The Labute approximate surface area is 170 Å². The van der Waals surface area contributed by atoms with E-state index in [1.807, 2.05) is 12.1 Å². The van der Waals surface area contributed by atoms with Crippen LogP contribution < -0.4 is 5.32 Å². The maximum atomic E-state index is 12.2. The van der Waals surface area contributed by atoms with Gasteiger partial charge in [-0.05, 0) is 49.4 Å². The lowest BCUT2D eigenvalue weighted by atomic mass is 9.87. The van der Waals surface area contributed by atoms with Gasteiger partial charge in [0.2, 0.25) is 0 Å². The van der Waals surface area contributed by atoms with Gasteiger partial charge >= 0.3 is 5.97 Å². The maximum absolute atomic E-state index is 12.2. The Balaban J connectivity index is 1.95. The van der Waals surface area contributed by atoms with Crippen LogP contribution in [-0.4, -0.2) is 34.5 Å². The number of esters is 1. The van der Waals surface area contributed by atoms with Crippen LogP contribution >= 0.6 is 0 Å². The number of hydrogen-bond donors (Lipinski definition) is 3. The molecule has 0 unspecified atom stereocenters. The molecule has 2 amide bonds. The minimum atomic E-state index is -0.738. The van der Waals surface area contributed by atoms with Gasteiger partial charge in [0.1, 0.15) is 5.69 Å². The van der Waals surface area contributed by atoms with Crippen LogP contribution in [0, 0.1) is 13.8 Å². The summed E-state index contributed by atoms with van der Waals surface area (Å²) < 4.78 is 5.00. The number of imide groups is 1. The Morgan fingerprint density at radius 1 is 1.14 bits per heavy atom. The Morgan fingerprint density at radius 2 is 1.72 bits per heavy atom. The van der Waals surface area contributed by atoms with E-state index in [0.29, 0.717) is 22.4 Å². The van der Waals surface area contributed by atoms with Crippen molar-refractivity contribution < 1.29 is 24.2 Å². The quantitative estimate of drug-likeness (QED) is 0.669. The van der Waals surface area contributed by atoms with Crippen molar-refractivity contribution in [3.05, 3.63) is 57.9 Å². The normalized spacial score (nSPS) is 12.4. The zero-order chi connectivity index (χ0) is 21.9. The molecule has 156 valence electrons. The number of ether oxygens (including phenoxy) is 1. The number of H-pyrrole nitrogens is 1. The number of aryl methyl sites for hydroxylation is 1. The number of hydrogen-bond acceptors (Lipinski definition) is 5. The van der Waals surface area contributed by atoms with E-state index in [4.69, 9.17) is 4.74 Å². The fraction of sp³-hybridized carbons (Fsp3) is 0.409. The lowest BCUT2D eigenvalue weighted by Crippen LogP contribution is -2.34. The third-order valence-corrected chi connectivity index (χ3v) is 4.72. The minimum Gasteiger partial charge on any atom is -0.451 e. The second-order valence-electron chi connectivity index (χ2n) is 8.12. The molecule has 29 heavy (non-hydrogen) atoms. The van der Waals surface area contributed by atoms with Gasteiger partial charge in [-0.25, -0.2) is 4.79 Å². The number of aromatic nitrogens is 1. The number of aliphatic hydroxyl groups is 1. The van der Waals surface area contributed by atoms with E-state index < -0.39 is 30.5 Å². The first kappa shape index (κ1) is 22.4. The molecule has 1 aromatic carbocycles. The van der Waals surface area contributed by atoms with Gasteiger partial charge < -0.3 is 14.8 Å². The van der Waals surface area contributed by atoms with Crippen molar-refractivity contribution in [2.45, 2.75) is 53.1 Å². The monoisotopic (exact) mass is 400 g/mol. The van der Waals surface area contributed by atoms with Gasteiger partial charge in [-0.15, -0.1) is 0 Å². The zero-order valence-electron chi connectivity index (χ0n) is 17.7. The number of benzene rings is 1. The molecular formula is C22H28N2O5. The first-order valence-electron chi connectivity index (χ1n) is 9.40. The fourth-order valence-corrected chi connectivity index (χ4v) is 3.16. The lowest BCUT2D eigenvalue weighted by Gasteiger charge is -2.18. The number of rotatable bonds is 5. The van der Waals surface area contributed by atoms with Crippen molar-refractivity contribution in [1.29, 1.82) is 0 Å². The van der Waals surface area contributed by atoms with Crippen LogP contribution in [0.1, 0.15) is 77.0 Å². The molecule has 0 aliphatic rings. The smallest absolute Gasteiger partial charge is 0.355 e. The molecule has 2 rings (SSSR count). The summed E-state index contributed by atoms with van der Waals surface area (Å²) in [5.74, 6) is -2.01. The van der Waals surface area contributed by atoms with E-state index in [1.54, 1.807) is 32.9 Å². The number of aliphatic hydroxyl groups excluding tert-OH is 1. The van der Waals surface area contributed by atoms with Crippen LogP contribution in [0.2, 0.25) is 0 Å². The standard InChI is InChI=1S/C22H28N2O5/c1-12-18(14(3)25)13(2)23-19(12)21(28)29-11-17(26)24-20(27)15-7-9-16(10-8-15)22(4,5)6/h7-10,14,23,25H,11H2,1-6H3,(H,24,26,27)/t14-/m0/s1. The fourth-order valence-electron chi connectivity index (χ4n) is 3.16. The number of carbonyl (C=O) groups excluding carboxylic acids is 3. The summed E-state index contributed by atoms with van der Waals surface area (Å²) in [6, 6.07) is 6.99. The average molecular weight is 400 g/mol. The van der Waals surface area contributed by atoms with Gasteiger partial charge in [-0.3, -0.25) is 14.9 Å². The van der Waals surface area contributed by atoms with Crippen molar-refractivity contribution >= 4 is 17.8 Å². The molecule has 0 bridgehead atoms. The molecule has 0 aliphatic heterocycles.